The lowest BCUT2D eigenvalue weighted by atomic mass is 10.1. The molecular formula is C19H19ClN6O3. The number of pyridine rings is 1. The number of carbonyl (C=O) groups excluding carboxylic acids is 1. The molecule has 9 nitrogen and oxygen atoms in total. The third-order valence-electron chi connectivity index (χ3n) is 4.39. The molecule has 1 aliphatic rings. The van der Waals surface area contributed by atoms with Crippen LogP contribution < -0.4 is 16.1 Å². The van der Waals surface area contributed by atoms with Crippen LogP contribution in [0.4, 0.5) is 22.9 Å². The number of hydrogen-bond acceptors (Lipinski definition) is 7. The molecule has 0 atom stereocenters. The average Bonchev–Trinajstić information content (AvgIpc) is 3.14. The smallest absolute Gasteiger partial charge is 0.276 e. The van der Waals surface area contributed by atoms with Crippen LogP contribution in [0.1, 0.15) is 16.1 Å². The van der Waals surface area contributed by atoms with Crippen molar-refractivity contribution in [3.63, 3.8) is 0 Å². The Kier molecular flexibility index (Phi) is 5.61. The van der Waals surface area contributed by atoms with Crippen molar-refractivity contribution >= 4 is 40.4 Å². The first-order chi connectivity index (χ1) is 14.2. The van der Waals surface area contributed by atoms with Crippen LogP contribution in [0.3, 0.4) is 0 Å². The Bertz CT molecular complexity index is 1040. The minimum absolute atomic E-state index is 0.370. The van der Waals surface area contributed by atoms with E-state index in [2.05, 4.69) is 26.2 Å². The van der Waals surface area contributed by atoms with E-state index in [0.717, 1.165) is 17.9 Å². The third kappa shape index (κ3) is 4.16. The maximum Gasteiger partial charge on any atom is 0.276 e. The molecule has 2 aromatic heterocycles. The first-order valence-electron chi connectivity index (χ1n) is 8.90. The van der Waals surface area contributed by atoms with Gasteiger partial charge in [0.1, 0.15) is 5.82 Å². The van der Waals surface area contributed by atoms with Gasteiger partial charge in [-0.25, -0.2) is 10.5 Å². The fourth-order valence-electron chi connectivity index (χ4n) is 3.00. The van der Waals surface area contributed by atoms with Crippen LogP contribution in [0.25, 0.3) is 0 Å². The Morgan fingerprint density at radius 3 is 2.93 bits per heavy atom. The molecule has 0 radical (unpaired) electrons. The van der Waals surface area contributed by atoms with Gasteiger partial charge < -0.3 is 15.4 Å². The zero-order chi connectivity index (χ0) is 20.2. The Hall–Kier alpha value is -3.14. The lowest BCUT2D eigenvalue weighted by Crippen LogP contribution is -2.22. The maximum absolute atomic E-state index is 12.2. The second-order valence-corrected chi connectivity index (χ2v) is 6.67. The Labute approximate surface area is 171 Å². The number of hydrogen-bond donors (Lipinski definition) is 3. The Morgan fingerprint density at radius 2 is 2.07 bits per heavy atom. The van der Waals surface area contributed by atoms with Crippen molar-refractivity contribution in [1.82, 2.24) is 20.2 Å². The highest BCUT2D eigenvalue weighted by Crippen LogP contribution is 2.30. The topological polar surface area (TPSA) is 102 Å². The van der Waals surface area contributed by atoms with E-state index in [1.165, 1.54) is 13.3 Å². The van der Waals surface area contributed by atoms with Crippen LogP contribution in [-0.2, 0) is 22.7 Å². The van der Waals surface area contributed by atoms with Crippen molar-refractivity contribution in [2.24, 2.45) is 0 Å². The van der Waals surface area contributed by atoms with Crippen molar-refractivity contribution in [2.75, 3.05) is 24.4 Å². The van der Waals surface area contributed by atoms with E-state index in [4.69, 9.17) is 21.2 Å². The number of fused-ring (bicyclic) bond motifs is 1. The highest BCUT2D eigenvalue weighted by atomic mass is 35.5. The molecule has 10 heteroatoms. The highest BCUT2D eigenvalue weighted by Gasteiger charge is 2.17. The summed E-state index contributed by atoms with van der Waals surface area (Å²) in [5, 5.41) is 11.2. The summed E-state index contributed by atoms with van der Waals surface area (Å²) in [4.78, 5) is 21.3. The summed E-state index contributed by atoms with van der Waals surface area (Å²) in [7, 11) is 1.38. The number of halogens is 1. The molecule has 0 spiro atoms. The predicted molar refractivity (Wildman–Crippen MR) is 109 cm³/mol. The number of ether oxygens (including phenoxy) is 1. The van der Waals surface area contributed by atoms with Crippen molar-refractivity contribution < 1.29 is 14.4 Å². The van der Waals surface area contributed by atoms with Gasteiger partial charge in [-0.15, -0.1) is 0 Å². The van der Waals surface area contributed by atoms with Crippen LogP contribution in [0.2, 0.25) is 5.02 Å². The van der Waals surface area contributed by atoms with Gasteiger partial charge in [-0.05, 0) is 12.1 Å². The first kappa shape index (κ1) is 19.2. The van der Waals surface area contributed by atoms with Crippen molar-refractivity contribution in [2.45, 2.75) is 13.2 Å². The van der Waals surface area contributed by atoms with E-state index in [0.29, 0.717) is 41.0 Å². The summed E-state index contributed by atoms with van der Waals surface area (Å²) >= 11 is 6.32. The SMILES string of the molecule is CONC(=O)c1ccccc1Nc1cc(Nc2cnn3c2COCC3)ncc1Cl. The molecule has 1 aliphatic heterocycles. The van der Waals surface area contributed by atoms with Gasteiger partial charge in [-0.2, -0.15) is 5.10 Å². The van der Waals surface area contributed by atoms with Crippen LogP contribution in [0.5, 0.6) is 0 Å². The van der Waals surface area contributed by atoms with Crippen LogP contribution in [0, 0.1) is 0 Å². The summed E-state index contributed by atoms with van der Waals surface area (Å²) < 4.78 is 7.42. The molecule has 0 fully saturated rings. The number of amides is 1. The molecule has 150 valence electrons. The number of carbonyl (C=O) groups is 1. The fraction of sp³-hybridized carbons (Fsp3) is 0.211. The quantitative estimate of drug-likeness (QED) is 0.532. The van der Waals surface area contributed by atoms with E-state index in [-0.39, 0.29) is 5.91 Å². The molecule has 3 aromatic rings. The van der Waals surface area contributed by atoms with E-state index in [1.807, 2.05) is 10.7 Å². The number of aromatic nitrogens is 3. The summed E-state index contributed by atoms with van der Waals surface area (Å²) in [6.07, 6.45) is 3.29. The first-order valence-corrected chi connectivity index (χ1v) is 9.28. The predicted octanol–water partition coefficient (Wildman–Crippen LogP) is 3.24. The van der Waals surface area contributed by atoms with E-state index >= 15 is 0 Å². The summed E-state index contributed by atoms with van der Waals surface area (Å²) in [6, 6.07) is 8.81. The van der Waals surface area contributed by atoms with Crippen LogP contribution in [0.15, 0.2) is 42.7 Å². The van der Waals surface area contributed by atoms with E-state index < -0.39 is 0 Å². The summed E-state index contributed by atoms with van der Waals surface area (Å²) in [6.45, 7) is 1.86. The van der Waals surface area contributed by atoms with Crippen LogP contribution in [-0.4, -0.2) is 34.4 Å². The van der Waals surface area contributed by atoms with Crippen molar-refractivity contribution in [3.8, 4) is 0 Å². The van der Waals surface area contributed by atoms with Gasteiger partial charge in [-0.3, -0.25) is 14.3 Å². The number of nitrogens with zero attached hydrogens (tertiary/aromatic N) is 3. The Morgan fingerprint density at radius 1 is 1.21 bits per heavy atom. The molecule has 0 saturated carbocycles. The summed E-state index contributed by atoms with van der Waals surface area (Å²) in [5.74, 6) is 0.211. The van der Waals surface area contributed by atoms with Gasteiger partial charge in [0.15, 0.2) is 0 Å². The molecule has 3 N–H and O–H groups in total. The monoisotopic (exact) mass is 414 g/mol. The average molecular weight is 415 g/mol. The van der Waals surface area contributed by atoms with Gasteiger partial charge in [0.05, 0.1) is 72.6 Å². The number of rotatable bonds is 6. The largest absolute Gasteiger partial charge is 0.373 e. The second kappa shape index (κ2) is 8.48. The summed E-state index contributed by atoms with van der Waals surface area (Å²) in [5.41, 5.74) is 5.70. The zero-order valence-electron chi connectivity index (χ0n) is 15.6. The standard InChI is InChI=1S/C19H19ClN6O3/c1-28-25-19(27)12-4-2-3-5-14(12)23-15-8-18(21-9-13(15)20)24-16-10-22-26-6-7-29-11-17(16)26/h2-5,8-10H,6-7,11H2,1H3,(H,25,27)(H2,21,23,24). The number of anilines is 4. The number of hydroxylamine groups is 1. The molecule has 0 unspecified atom stereocenters. The van der Waals surface area contributed by atoms with Gasteiger partial charge in [0, 0.05) is 6.07 Å². The number of benzene rings is 1. The zero-order valence-corrected chi connectivity index (χ0v) is 16.4. The molecule has 1 amide bonds. The molecule has 0 aliphatic carbocycles. The van der Waals surface area contributed by atoms with Crippen molar-refractivity contribution in [1.29, 1.82) is 0 Å². The molecule has 3 heterocycles. The van der Waals surface area contributed by atoms with E-state index in [1.54, 1.807) is 30.5 Å². The van der Waals surface area contributed by atoms with E-state index in [9.17, 15) is 4.79 Å². The lowest BCUT2D eigenvalue weighted by Gasteiger charge is -2.16. The minimum Gasteiger partial charge on any atom is -0.373 e. The Balaban J connectivity index is 1.59. The normalized spacial score (nSPS) is 12.9. The van der Waals surface area contributed by atoms with Gasteiger partial charge >= 0.3 is 0 Å². The number of para-hydroxylation sites is 1. The molecule has 4 rings (SSSR count). The molecule has 0 bridgehead atoms. The fourth-order valence-corrected chi connectivity index (χ4v) is 3.15. The molecular weight excluding hydrogens is 396 g/mol. The van der Waals surface area contributed by atoms with Crippen molar-refractivity contribution in [3.05, 3.63) is 59.0 Å². The molecule has 29 heavy (non-hydrogen) atoms. The number of nitrogens with one attached hydrogen (secondary N) is 3. The van der Waals surface area contributed by atoms with Gasteiger partial charge in [0.25, 0.3) is 5.91 Å². The van der Waals surface area contributed by atoms with Crippen LogP contribution >= 0.6 is 11.6 Å². The maximum atomic E-state index is 12.2. The minimum atomic E-state index is -0.370. The third-order valence-corrected chi connectivity index (χ3v) is 4.69. The molecule has 0 saturated heterocycles. The van der Waals surface area contributed by atoms with Gasteiger partial charge in [-0.1, -0.05) is 23.7 Å². The highest BCUT2D eigenvalue weighted by molar-refractivity contribution is 6.33. The lowest BCUT2D eigenvalue weighted by molar-refractivity contribution is 0.0538. The van der Waals surface area contributed by atoms with Gasteiger partial charge in [0.2, 0.25) is 0 Å². The molecule has 1 aromatic carbocycles. The second-order valence-electron chi connectivity index (χ2n) is 6.26.